The van der Waals surface area contributed by atoms with E-state index >= 15 is 0 Å². The van der Waals surface area contributed by atoms with Gasteiger partial charge in [-0.2, -0.15) is 5.26 Å². The fraction of sp³-hybridized carbons (Fsp3) is 0.214. The van der Waals surface area contributed by atoms with Crippen molar-refractivity contribution in [3.05, 3.63) is 57.5 Å². The Morgan fingerprint density at radius 2 is 2.10 bits per heavy atom. The van der Waals surface area contributed by atoms with Crippen molar-refractivity contribution in [1.82, 2.24) is 0 Å². The number of non-ortho nitro benzene ring substituents is 1. The summed E-state index contributed by atoms with van der Waals surface area (Å²) < 4.78 is 5.54. The number of nitro groups is 1. The fourth-order valence-corrected chi connectivity index (χ4v) is 1.78. The Balaban J connectivity index is 2.13. The molecule has 1 aromatic carbocycles. The van der Waals surface area contributed by atoms with E-state index in [2.05, 4.69) is 5.32 Å². The predicted octanol–water partition coefficient (Wildman–Crippen LogP) is 3.23. The number of rotatable bonds is 5. The SMILES string of the molecule is CCc1ccc(CNc2ccc([N+](=O)[O-])cc2C#N)o1. The van der Waals surface area contributed by atoms with Crippen molar-refractivity contribution in [3.8, 4) is 6.07 Å². The van der Waals surface area contributed by atoms with E-state index in [0.29, 0.717) is 12.2 Å². The molecular formula is C14H13N3O3. The molecule has 0 spiro atoms. The smallest absolute Gasteiger partial charge is 0.270 e. The summed E-state index contributed by atoms with van der Waals surface area (Å²) in [6.07, 6.45) is 0.820. The van der Waals surface area contributed by atoms with E-state index in [1.54, 1.807) is 0 Å². The molecule has 0 amide bonds. The molecule has 0 fully saturated rings. The van der Waals surface area contributed by atoms with Crippen molar-refractivity contribution in [2.24, 2.45) is 0 Å². The summed E-state index contributed by atoms with van der Waals surface area (Å²) in [6.45, 7) is 2.42. The van der Waals surface area contributed by atoms with Gasteiger partial charge >= 0.3 is 0 Å². The highest BCUT2D eigenvalue weighted by molar-refractivity contribution is 5.61. The third kappa shape index (κ3) is 2.95. The van der Waals surface area contributed by atoms with E-state index in [-0.39, 0.29) is 11.3 Å². The number of anilines is 1. The van der Waals surface area contributed by atoms with Crippen LogP contribution < -0.4 is 5.32 Å². The largest absolute Gasteiger partial charge is 0.464 e. The van der Waals surface area contributed by atoms with Crippen molar-refractivity contribution >= 4 is 11.4 Å². The minimum Gasteiger partial charge on any atom is -0.464 e. The molecule has 0 saturated carbocycles. The Hall–Kier alpha value is -2.81. The molecule has 0 aliphatic rings. The van der Waals surface area contributed by atoms with Gasteiger partial charge in [0.1, 0.15) is 17.6 Å². The van der Waals surface area contributed by atoms with Crippen LogP contribution in [0.3, 0.4) is 0 Å². The molecule has 1 heterocycles. The van der Waals surface area contributed by atoms with Gasteiger partial charge in [-0.05, 0) is 18.2 Å². The van der Waals surface area contributed by atoms with Crippen LogP contribution in [0.2, 0.25) is 0 Å². The van der Waals surface area contributed by atoms with E-state index in [0.717, 1.165) is 17.9 Å². The quantitative estimate of drug-likeness (QED) is 0.665. The summed E-state index contributed by atoms with van der Waals surface area (Å²) in [7, 11) is 0. The lowest BCUT2D eigenvalue weighted by atomic mass is 10.1. The Bertz CT molecular complexity index is 671. The van der Waals surface area contributed by atoms with Gasteiger partial charge in [-0.15, -0.1) is 0 Å². The third-order valence-electron chi connectivity index (χ3n) is 2.85. The molecule has 0 aliphatic heterocycles. The van der Waals surface area contributed by atoms with E-state index in [1.807, 2.05) is 25.1 Å². The lowest BCUT2D eigenvalue weighted by Gasteiger charge is -2.06. The minimum atomic E-state index is -0.523. The zero-order valence-corrected chi connectivity index (χ0v) is 10.9. The normalized spacial score (nSPS) is 10.0. The molecule has 6 heteroatoms. The van der Waals surface area contributed by atoms with E-state index < -0.39 is 4.92 Å². The van der Waals surface area contributed by atoms with Crippen molar-refractivity contribution in [2.75, 3.05) is 5.32 Å². The highest BCUT2D eigenvalue weighted by Crippen LogP contribution is 2.22. The number of benzene rings is 1. The standard InChI is InChI=1S/C14H13N3O3/c1-2-12-4-5-13(20-12)9-16-14-6-3-11(17(18)19)7-10(14)8-15/h3-7,16H,2,9H2,1H3. The molecule has 1 aromatic heterocycles. The summed E-state index contributed by atoms with van der Waals surface area (Å²) in [5, 5.41) is 22.7. The van der Waals surface area contributed by atoms with Gasteiger partial charge in [0.05, 0.1) is 22.7 Å². The Morgan fingerprint density at radius 1 is 1.35 bits per heavy atom. The van der Waals surface area contributed by atoms with Crippen LogP contribution in [0, 0.1) is 21.4 Å². The molecule has 20 heavy (non-hydrogen) atoms. The molecule has 102 valence electrons. The second kappa shape index (κ2) is 5.89. The Kier molecular flexibility index (Phi) is 4.01. The number of furan rings is 1. The van der Waals surface area contributed by atoms with Gasteiger partial charge in [-0.3, -0.25) is 10.1 Å². The molecule has 0 aliphatic carbocycles. The van der Waals surface area contributed by atoms with Crippen LogP contribution in [0.5, 0.6) is 0 Å². The van der Waals surface area contributed by atoms with Crippen molar-refractivity contribution < 1.29 is 9.34 Å². The minimum absolute atomic E-state index is 0.0987. The highest BCUT2D eigenvalue weighted by atomic mass is 16.6. The maximum atomic E-state index is 10.7. The van der Waals surface area contributed by atoms with E-state index in [4.69, 9.17) is 9.68 Å². The average molecular weight is 271 g/mol. The lowest BCUT2D eigenvalue weighted by molar-refractivity contribution is -0.384. The summed E-state index contributed by atoms with van der Waals surface area (Å²) in [5.41, 5.74) is 0.687. The van der Waals surface area contributed by atoms with E-state index in [1.165, 1.54) is 18.2 Å². The molecule has 0 atom stereocenters. The van der Waals surface area contributed by atoms with Crippen LogP contribution in [-0.2, 0) is 13.0 Å². The Morgan fingerprint density at radius 3 is 2.70 bits per heavy atom. The molecule has 2 rings (SSSR count). The van der Waals surface area contributed by atoms with Gasteiger partial charge in [0, 0.05) is 18.6 Å². The average Bonchev–Trinajstić information content (AvgIpc) is 2.92. The first-order chi connectivity index (χ1) is 9.63. The van der Waals surface area contributed by atoms with Gasteiger partial charge in [0.15, 0.2) is 0 Å². The second-order valence-corrected chi connectivity index (χ2v) is 4.17. The molecule has 0 radical (unpaired) electrons. The highest BCUT2D eigenvalue weighted by Gasteiger charge is 2.10. The fourth-order valence-electron chi connectivity index (χ4n) is 1.78. The summed E-state index contributed by atoms with van der Waals surface area (Å²) in [4.78, 5) is 10.1. The van der Waals surface area contributed by atoms with E-state index in [9.17, 15) is 10.1 Å². The van der Waals surface area contributed by atoms with Crippen LogP contribution in [-0.4, -0.2) is 4.92 Å². The predicted molar refractivity (Wildman–Crippen MR) is 73.2 cm³/mol. The topological polar surface area (TPSA) is 92.1 Å². The lowest BCUT2D eigenvalue weighted by Crippen LogP contribution is -2.01. The molecule has 2 aromatic rings. The van der Waals surface area contributed by atoms with Crippen molar-refractivity contribution in [2.45, 2.75) is 19.9 Å². The number of hydrogen-bond acceptors (Lipinski definition) is 5. The molecular weight excluding hydrogens is 258 g/mol. The number of nitriles is 1. The van der Waals surface area contributed by atoms with Crippen LogP contribution >= 0.6 is 0 Å². The number of nitrogens with one attached hydrogen (secondary N) is 1. The molecule has 6 nitrogen and oxygen atoms in total. The third-order valence-corrected chi connectivity index (χ3v) is 2.85. The van der Waals surface area contributed by atoms with Gasteiger partial charge in [-0.25, -0.2) is 0 Å². The van der Waals surface area contributed by atoms with Crippen molar-refractivity contribution in [3.63, 3.8) is 0 Å². The van der Waals surface area contributed by atoms with Gasteiger partial charge in [-0.1, -0.05) is 6.92 Å². The van der Waals surface area contributed by atoms with Gasteiger partial charge < -0.3 is 9.73 Å². The Labute approximate surface area is 115 Å². The molecule has 0 bridgehead atoms. The van der Waals surface area contributed by atoms with Crippen molar-refractivity contribution in [1.29, 1.82) is 5.26 Å². The second-order valence-electron chi connectivity index (χ2n) is 4.17. The molecule has 0 unspecified atom stereocenters. The number of hydrogen-bond donors (Lipinski definition) is 1. The number of nitrogens with zero attached hydrogens (tertiary/aromatic N) is 2. The molecule has 0 saturated heterocycles. The van der Waals surface area contributed by atoms with Crippen LogP contribution in [0.1, 0.15) is 24.0 Å². The maximum Gasteiger partial charge on any atom is 0.270 e. The molecule has 1 N–H and O–H groups in total. The summed E-state index contributed by atoms with van der Waals surface area (Å²) >= 11 is 0. The van der Waals surface area contributed by atoms with Crippen LogP contribution in [0.25, 0.3) is 0 Å². The number of aryl methyl sites for hydroxylation is 1. The van der Waals surface area contributed by atoms with Gasteiger partial charge in [0.2, 0.25) is 0 Å². The first-order valence-corrected chi connectivity index (χ1v) is 6.14. The first-order valence-electron chi connectivity index (χ1n) is 6.14. The first kappa shape index (κ1) is 13.6. The van der Waals surface area contributed by atoms with Crippen LogP contribution in [0.4, 0.5) is 11.4 Å². The maximum absolute atomic E-state index is 10.7. The monoisotopic (exact) mass is 271 g/mol. The number of nitro benzene ring substituents is 1. The zero-order valence-electron chi connectivity index (χ0n) is 10.9. The summed E-state index contributed by atoms with van der Waals surface area (Å²) in [6, 6.07) is 9.86. The van der Waals surface area contributed by atoms with Gasteiger partial charge in [0.25, 0.3) is 5.69 Å². The summed E-state index contributed by atoms with van der Waals surface area (Å²) in [5.74, 6) is 1.65. The van der Waals surface area contributed by atoms with Crippen LogP contribution in [0.15, 0.2) is 34.7 Å². The zero-order chi connectivity index (χ0) is 14.5.